The third-order valence-corrected chi connectivity index (χ3v) is 4.14. The van der Waals surface area contributed by atoms with Gasteiger partial charge in [0.05, 0.1) is 6.42 Å². The number of carbonyl (C=O) groups is 1. The molecule has 0 aliphatic carbocycles. The Bertz CT molecular complexity index is 347. The predicted octanol–water partition coefficient (Wildman–Crippen LogP) is 1.93. The monoisotopic (exact) mass is 223 g/mol. The van der Waals surface area contributed by atoms with Crippen molar-refractivity contribution in [3.05, 3.63) is 30.1 Å². The summed E-state index contributed by atoms with van der Waals surface area (Å²) in [6.45, 7) is 0. The van der Waals surface area contributed by atoms with Crippen LogP contribution in [0.25, 0.3) is 0 Å². The number of carboxylic acids is 1. The van der Waals surface area contributed by atoms with Gasteiger partial charge in [0, 0.05) is 23.6 Å². The first-order valence-electron chi connectivity index (χ1n) is 4.93. The first kappa shape index (κ1) is 10.5. The van der Waals surface area contributed by atoms with Crippen molar-refractivity contribution in [3.8, 4) is 0 Å². The van der Waals surface area contributed by atoms with Crippen LogP contribution in [0, 0.1) is 0 Å². The van der Waals surface area contributed by atoms with E-state index in [-0.39, 0.29) is 11.8 Å². The van der Waals surface area contributed by atoms with Crippen molar-refractivity contribution < 1.29 is 9.90 Å². The van der Waals surface area contributed by atoms with Gasteiger partial charge in [-0.3, -0.25) is 9.78 Å². The third-order valence-electron chi connectivity index (χ3n) is 2.89. The van der Waals surface area contributed by atoms with Crippen molar-refractivity contribution in [2.75, 3.05) is 11.5 Å². The minimum atomic E-state index is -0.714. The summed E-state index contributed by atoms with van der Waals surface area (Å²) in [7, 11) is 0. The lowest BCUT2D eigenvalue weighted by Gasteiger charge is -2.26. The SMILES string of the molecule is O=C(O)CC1(c2ccncc2)CCSC1. The number of rotatable bonds is 3. The van der Waals surface area contributed by atoms with E-state index in [4.69, 9.17) is 5.11 Å². The second-order valence-corrected chi connectivity index (χ2v) is 4.99. The molecule has 0 bridgehead atoms. The normalized spacial score (nSPS) is 25.3. The highest BCUT2D eigenvalue weighted by atomic mass is 32.2. The number of pyridine rings is 1. The standard InChI is InChI=1S/C11H13NO2S/c13-10(14)7-11(3-6-15-8-11)9-1-4-12-5-2-9/h1-2,4-5H,3,6-8H2,(H,13,14). The van der Waals surface area contributed by atoms with Crippen LogP contribution in [0.15, 0.2) is 24.5 Å². The minimum absolute atomic E-state index is 0.167. The molecule has 1 saturated heterocycles. The van der Waals surface area contributed by atoms with Crippen molar-refractivity contribution in [2.24, 2.45) is 0 Å². The molecule has 15 heavy (non-hydrogen) atoms. The molecular formula is C11H13NO2S. The highest BCUT2D eigenvalue weighted by molar-refractivity contribution is 7.99. The van der Waals surface area contributed by atoms with Gasteiger partial charge in [-0.2, -0.15) is 11.8 Å². The fourth-order valence-electron chi connectivity index (χ4n) is 2.07. The molecule has 0 amide bonds. The number of carboxylic acid groups (broad SMARTS) is 1. The Hall–Kier alpha value is -1.03. The van der Waals surface area contributed by atoms with E-state index in [9.17, 15) is 4.79 Å². The van der Waals surface area contributed by atoms with Gasteiger partial charge >= 0.3 is 5.97 Å². The summed E-state index contributed by atoms with van der Waals surface area (Å²) >= 11 is 1.83. The van der Waals surface area contributed by atoms with Crippen LogP contribution in [0.1, 0.15) is 18.4 Å². The number of hydrogen-bond acceptors (Lipinski definition) is 3. The summed E-state index contributed by atoms with van der Waals surface area (Å²) in [6.07, 6.45) is 4.65. The number of aliphatic carboxylic acids is 1. The second kappa shape index (κ2) is 4.23. The first-order chi connectivity index (χ1) is 7.23. The largest absolute Gasteiger partial charge is 0.481 e. The molecule has 2 heterocycles. The van der Waals surface area contributed by atoms with Crippen LogP contribution >= 0.6 is 11.8 Å². The fraction of sp³-hybridized carbons (Fsp3) is 0.455. The molecule has 1 N–H and O–H groups in total. The summed E-state index contributed by atoms with van der Waals surface area (Å²) < 4.78 is 0. The minimum Gasteiger partial charge on any atom is -0.481 e. The van der Waals surface area contributed by atoms with E-state index in [2.05, 4.69) is 4.98 Å². The van der Waals surface area contributed by atoms with E-state index in [1.807, 2.05) is 23.9 Å². The molecule has 1 aliphatic rings. The molecule has 2 rings (SSSR count). The highest BCUT2D eigenvalue weighted by Gasteiger charge is 2.38. The Balaban J connectivity index is 2.30. The average molecular weight is 223 g/mol. The van der Waals surface area contributed by atoms with Crippen molar-refractivity contribution >= 4 is 17.7 Å². The van der Waals surface area contributed by atoms with E-state index < -0.39 is 5.97 Å². The van der Waals surface area contributed by atoms with E-state index in [0.29, 0.717) is 0 Å². The molecule has 0 aromatic carbocycles. The van der Waals surface area contributed by atoms with Crippen LogP contribution in [0.3, 0.4) is 0 Å². The van der Waals surface area contributed by atoms with Crippen LogP contribution in [0.5, 0.6) is 0 Å². The van der Waals surface area contributed by atoms with Crippen LogP contribution in [0.2, 0.25) is 0 Å². The zero-order valence-electron chi connectivity index (χ0n) is 8.35. The van der Waals surface area contributed by atoms with E-state index >= 15 is 0 Å². The van der Waals surface area contributed by atoms with Crippen LogP contribution in [-0.4, -0.2) is 27.6 Å². The smallest absolute Gasteiger partial charge is 0.304 e. The first-order valence-corrected chi connectivity index (χ1v) is 6.08. The lowest BCUT2D eigenvalue weighted by atomic mass is 9.78. The Morgan fingerprint density at radius 2 is 2.27 bits per heavy atom. The predicted molar refractivity (Wildman–Crippen MR) is 60.1 cm³/mol. The number of hydrogen-bond donors (Lipinski definition) is 1. The molecule has 1 aliphatic heterocycles. The maximum Gasteiger partial charge on any atom is 0.304 e. The molecule has 1 fully saturated rings. The van der Waals surface area contributed by atoms with Crippen molar-refractivity contribution in [2.45, 2.75) is 18.3 Å². The Labute approximate surface area is 92.9 Å². The topological polar surface area (TPSA) is 50.2 Å². The zero-order valence-corrected chi connectivity index (χ0v) is 9.17. The van der Waals surface area contributed by atoms with Gasteiger partial charge in [-0.25, -0.2) is 0 Å². The molecule has 1 atom stereocenters. The number of nitrogens with zero attached hydrogens (tertiary/aromatic N) is 1. The maximum absolute atomic E-state index is 10.9. The highest BCUT2D eigenvalue weighted by Crippen LogP contribution is 2.41. The Morgan fingerprint density at radius 3 is 2.80 bits per heavy atom. The molecule has 0 saturated carbocycles. The second-order valence-electron chi connectivity index (χ2n) is 3.89. The lowest BCUT2D eigenvalue weighted by molar-refractivity contribution is -0.138. The molecular weight excluding hydrogens is 210 g/mol. The maximum atomic E-state index is 10.9. The molecule has 0 spiro atoms. The molecule has 0 radical (unpaired) electrons. The van der Waals surface area contributed by atoms with Gasteiger partial charge < -0.3 is 5.11 Å². The summed E-state index contributed by atoms with van der Waals surface area (Å²) in [5.41, 5.74) is 0.948. The van der Waals surface area contributed by atoms with Crippen LogP contribution in [-0.2, 0) is 10.2 Å². The van der Waals surface area contributed by atoms with Gasteiger partial charge in [0.1, 0.15) is 0 Å². The molecule has 80 valence electrons. The van der Waals surface area contributed by atoms with Gasteiger partial charge in [-0.05, 0) is 29.9 Å². The van der Waals surface area contributed by atoms with Gasteiger partial charge in [0.15, 0.2) is 0 Å². The van der Waals surface area contributed by atoms with E-state index in [0.717, 1.165) is 23.5 Å². The van der Waals surface area contributed by atoms with Crippen LogP contribution < -0.4 is 0 Å². The number of aromatic nitrogens is 1. The molecule has 1 unspecified atom stereocenters. The Kier molecular flexibility index (Phi) is 2.95. The summed E-state index contributed by atoms with van der Waals surface area (Å²) in [5, 5.41) is 8.98. The lowest BCUT2D eigenvalue weighted by Crippen LogP contribution is -2.29. The fourth-order valence-corrected chi connectivity index (χ4v) is 3.55. The zero-order chi connectivity index (χ0) is 10.7. The van der Waals surface area contributed by atoms with Crippen molar-refractivity contribution in [1.82, 2.24) is 4.98 Å². The van der Waals surface area contributed by atoms with Gasteiger partial charge in [-0.1, -0.05) is 0 Å². The molecule has 1 aromatic heterocycles. The molecule has 4 heteroatoms. The number of thioether (sulfide) groups is 1. The van der Waals surface area contributed by atoms with Crippen molar-refractivity contribution in [1.29, 1.82) is 0 Å². The molecule has 3 nitrogen and oxygen atoms in total. The van der Waals surface area contributed by atoms with E-state index in [1.165, 1.54) is 0 Å². The quantitative estimate of drug-likeness (QED) is 0.850. The van der Waals surface area contributed by atoms with Crippen molar-refractivity contribution in [3.63, 3.8) is 0 Å². The summed E-state index contributed by atoms with van der Waals surface area (Å²) in [4.78, 5) is 14.9. The molecule has 1 aromatic rings. The van der Waals surface area contributed by atoms with Gasteiger partial charge in [0.25, 0.3) is 0 Å². The summed E-state index contributed by atoms with van der Waals surface area (Å²) in [6, 6.07) is 3.88. The third kappa shape index (κ3) is 2.15. The van der Waals surface area contributed by atoms with Gasteiger partial charge in [0.2, 0.25) is 0 Å². The Morgan fingerprint density at radius 1 is 1.53 bits per heavy atom. The van der Waals surface area contributed by atoms with E-state index in [1.54, 1.807) is 12.4 Å². The average Bonchev–Trinajstić information content (AvgIpc) is 2.68. The summed E-state index contributed by atoms with van der Waals surface area (Å²) in [5.74, 6) is 1.24. The van der Waals surface area contributed by atoms with Crippen LogP contribution in [0.4, 0.5) is 0 Å². The van der Waals surface area contributed by atoms with Gasteiger partial charge in [-0.15, -0.1) is 0 Å².